The van der Waals surface area contributed by atoms with Gasteiger partial charge in [0.1, 0.15) is 12.1 Å². The second-order valence-corrected chi connectivity index (χ2v) is 5.21. The molecule has 2 aromatic rings. The van der Waals surface area contributed by atoms with Crippen molar-refractivity contribution in [2.24, 2.45) is 0 Å². The van der Waals surface area contributed by atoms with E-state index in [-0.39, 0.29) is 11.8 Å². The van der Waals surface area contributed by atoms with Crippen LogP contribution in [0.15, 0.2) is 36.5 Å². The fourth-order valence-electron chi connectivity index (χ4n) is 2.80. The first-order valence-electron chi connectivity index (χ1n) is 7.10. The number of nitrogens with one attached hydrogen (secondary N) is 1. The average Bonchev–Trinajstić information content (AvgIpc) is 2.50. The molecule has 3 rings (SSSR count). The number of pyridine rings is 1. The molecule has 1 N–H and O–H groups in total. The van der Waals surface area contributed by atoms with Gasteiger partial charge in [0.15, 0.2) is 0 Å². The minimum atomic E-state index is -0.507. The molecule has 5 nitrogen and oxygen atoms in total. The topological polar surface area (TPSA) is 62.3 Å². The summed E-state index contributed by atoms with van der Waals surface area (Å²) >= 11 is 0. The van der Waals surface area contributed by atoms with E-state index >= 15 is 0 Å². The van der Waals surface area contributed by atoms with Crippen LogP contribution in [0.4, 0.5) is 5.69 Å². The first-order chi connectivity index (χ1) is 10.1. The number of hydrogen-bond donors (Lipinski definition) is 1. The lowest BCUT2D eigenvalue weighted by molar-refractivity contribution is -0.133. The maximum Gasteiger partial charge on any atom is 0.250 e. The number of amides is 2. The molecule has 0 spiro atoms. The first-order valence-corrected chi connectivity index (χ1v) is 7.10. The van der Waals surface area contributed by atoms with Crippen molar-refractivity contribution in [3.05, 3.63) is 36.5 Å². The molecule has 2 atom stereocenters. The lowest BCUT2D eigenvalue weighted by atomic mass is 10.0. The Morgan fingerprint density at radius 2 is 2.05 bits per heavy atom. The summed E-state index contributed by atoms with van der Waals surface area (Å²) in [5.74, 6) is -0.191. The van der Waals surface area contributed by atoms with Crippen LogP contribution >= 0.6 is 0 Å². The third-order valence-corrected chi connectivity index (χ3v) is 3.85. The van der Waals surface area contributed by atoms with Crippen LogP contribution in [-0.4, -0.2) is 28.9 Å². The number of benzene rings is 1. The molecule has 2 amide bonds. The molecule has 21 heavy (non-hydrogen) atoms. The lowest BCUT2D eigenvalue weighted by Crippen LogP contribution is -2.62. The zero-order valence-corrected chi connectivity index (χ0v) is 12.0. The van der Waals surface area contributed by atoms with E-state index < -0.39 is 12.1 Å². The van der Waals surface area contributed by atoms with E-state index in [1.54, 1.807) is 18.0 Å². The normalized spacial score (nSPS) is 22.5. The van der Waals surface area contributed by atoms with Gasteiger partial charge in [-0.2, -0.15) is 0 Å². The molecule has 1 fully saturated rings. The molecule has 2 heterocycles. The van der Waals surface area contributed by atoms with E-state index in [0.29, 0.717) is 6.42 Å². The number of rotatable bonds is 2. The fraction of sp³-hybridized carbons (Fsp3) is 0.312. The lowest BCUT2D eigenvalue weighted by Gasteiger charge is -2.38. The van der Waals surface area contributed by atoms with Crippen molar-refractivity contribution in [3.63, 3.8) is 0 Å². The number of hydrogen-bond acceptors (Lipinski definition) is 3. The maximum absolute atomic E-state index is 12.6. The van der Waals surface area contributed by atoms with Crippen LogP contribution in [0.2, 0.25) is 0 Å². The summed E-state index contributed by atoms with van der Waals surface area (Å²) in [6.45, 7) is 3.62. The Kier molecular flexibility index (Phi) is 3.33. The van der Waals surface area contributed by atoms with Gasteiger partial charge in [-0.3, -0.25) is 19.5 Å². The fourth-order valence-corrected chi connectivity index (χ4v) is 2.80. The maximum atomic E-state index is 12.6. The Balaban J connectivity index is 2.18. The van der Waals surface area contributed by atoms with E-state index in [1.807, 2.05) is 37.3 Å². The highest BCUT2D eigenvalue weighted by atomic mass is 16.2. The number of fused-ring (bicyclic) bond motifs is 1. The molecule has 0 aliphatic carbocycles. The SMILES string of the molecule is CCC1C(=O)NC(C)C(=O)N1c1cccc2ncccc12. The van der Waals surface area contributed by atoms with Crippen LogP contribution in [-0.2, 0) is 9.59 Å². The van der Waals surface area contributed by atoms with E-state index in [4.69, 9.17) is 0 Å². The largest absolute Gasteiger partial charge is 0.343 e. The Bertz CT molecular complexity index is 708. The molecule has 0 radical (unpaired) electrons. The second kappa shape index (κ2) is 5.16. The van der Waals surface area contributed by atoms with Gasteiger partial charge in [0.2, 0.25) is 11.8 Å². The second-order valence-electron chi connectivity index (χ2n) is 5.21. The number of aromatic nitrogens is 1. The predicted octanol–water partition coefficient (Wildman–Crippen LogP) is 1.86. The summed E-state index contributed by atoms with van der Waals surface area (Å²) in [6.07, 6.45) is 2.29. The van der Waals surface area contributed by atoms with Gasteiger partial charge in [-0.05, 0) is 37.6 Å². The Morgan fingerprint density at radius 3 is 2.81 bits per heavy atom. The quantitative estimate of drug-likeness (QED) is 0.915. The van der Waals surface area contributed by atoms with Crippen molar-refractivity contribution >= 4 is 28.4 Å². The summed E-state index contributed by atoms with van der Waals surface area (Å²) in [5, 5.41) is 3.62. The number of carbonyl (C=O) groups is 2. The van der Waals surface area contributed by atoms with Gasteiger partial charge >= 0.3 is 0 Å². The van der Waals surface area contributed by atoms with Gasteiger partial charge in [-0.1, -0.05) is 13.0 Å². The van der Waals surface area contributed by atoms with Gasteiger partial charge < -0.3 is 5.32 Å². The highest BCUT2D eigenvalue weighted by molar-refractivity contribution is 6.12. The number of piperazine rings is 1. The average molecular weight is 283 g/mol. The van der Waals surface area contributed by atoms with Crippen molar-refractivity contribution < 1.29 is 9.59 Å². The minimum Gasteiger partial charge on any atom is -0.343 e. The zero-order valence-electron chi connectivity index (χ0n) is 12.0. The Labute approximate surface area is 123 Å². The van der Waals surface area contributed by atoms with E-state index in [1.165, 1.54) is 0 Å². The number of carbonyl (C=O) groups excluding carboxylic acids is 2. The molecule has 1 aromatic heterocycles. The predicted molar refractivity (Wildman–Crippen MR) is 80.9 cm³/mol. The molecular formula is C16H17N3O2. The Hall–Kier alpha value is -2.43. The molecule has 0 saturated carbocycles. The van der Waals surface area contributed by atoms with E-state index in [9.17, 15) is 9.59 Å². The molecule has 1 aliphatic heterocycles. The van der Waals surface area contributed by atoms with Crippen LogP contribution in [0.25, 0.3) is 10.9 Å². The standard InChI is InChI=1S/C16H17N3O2/c1-3-13-15(20)18-10(2)16(21)19(13)14-8-4-7-12-11(14)6-5-9-17-12/h4-10,13H,3H2,1-2H3,(H,18,20). The van der Waals surface area contributed by atoms with Gasteiger partial charge in [0.05, 0.1) is 11.2 Å². The van der Waals surface area contributed by atoms with Crippen LogP contribution in [0.1, 0.15) is 20.3 Å². The number of nitrogens with zero attached hydrogens (tertiary/aromatic N) is 2. The molecular weight excluding hydrogens is 266 g/mol. The third kappa shape index (κ3) is 2.14. The van der Waals surface area contributed by atoms with Crippen LogP contribution in [0.5, 0.6) is 0 Å². The Morgan fingerprint density at radius 1 is 1.24 bits per heavy atom. The molecule has 0 bridgehead atoms. The molecule has 1 saturated heterocycles. The summed E-state index contributed by atoms with van der Waals surface area (Å²) in [5.41, 5.74) is 1.57. The van der Waals surface area contributed by atoms with Gasteiger partial charge in [0, 0.05) is 11.6 Å². The van der Waals surface area contributed by atoms with Crippen molar-refractivity contribution in [2.45, 2.75) is 32.4 Å². The number of anilines is 1. The molecule has 1 aromatic carbocycles. The van der Waals surface area contributed by atoms with Crippen LogP contribution in [0.3, 0.4) is 0 Å². The smallest absolute Gasteiger partial charge is 0.250 e. The highest BCUT2D eigenvalue weighted by Gasteiger charge is 2.38. The highest BCUT2D eigenvalue weighted by Crippen LogP contribution is 2.30. The summed E-state index contributed by atoms with van der Waals surface area (Å²) in [7, 11) is 0. The van der Waals surface area contributed by atoms with Gasteiger partial charge in [0.25, 0.3) is 0 Å². The summed E-state index contributed by atoms with van der Waals surface area (Å²) in [4.78, 5) is 30.7. The minimum absolute atomic E-state index is 0.0854. The van der Waals surface area contributed by atoms with Crippen molar-refractivity contribution in [2.75, 3.05) is 4.90 Å². The molecule has 2 unspecified atom stereocenters. The van der Waals surface area contributed by atoms with Crippen LogP contribution in [0, 0.1) is 0 Å². The molecule has 1 aliphatic rings. The zero-order chi connectivity index (χ0) is 15.0. The molecule has 108 valence electrons. The van der Waals surface area contributed by atoms with Gasteiger partial charge in [-0.25, -0.2) is 0 Å². The van der Waals surface area contributed by atoms with Crippen molar-refractivity contribution in [1.82, 2.24) is 10.3 Å². The van der Waals surface area contributed by atoms with E-state index in [2.05, 4.69) is 10.3 Å². The van der Waals surface area contributed by atoms with Crippen molar-refractivity contribution in [3.8, 4) is 0 Å². The summed E-state index contributed by atoms with van der Waals surface area (Å²) < 4.78 is 0. The monoisotopic (exact) mass is 283 g/mol. The van der Waals surface area contributed by atoms with Crippen molar-refractivity contribution in [1.29, 1.82) is 0 Å². The third-order valence-electron chi connectivity index (χ3n) is 3.85. The van der Waals surface area contributed by atoms with Gasteiger partial charge in [-0.15, -0.1) is 0 Å². The first kappa shape index (κ1) is 13.5. The van der Waals surface area contributed by atoms with Crippen LogP contribution < -0.4 is 10.2 Å². The molecule has 5 heteroatoms. The van der Waals surface area contributed by atoms with E-state index in [0.717, 1.165) is 16.6 Å². The summed E-state index contributed by atoms with van der Waals surface area (Å²) in [6, 6.07) is 8.42.